The molecule has 120 valence electrons. The average molecular weight is 323 g/mol. The van der Waals surface area contributed by atoms with Gasteiger partial charge >= 0.3 is 0 Å². The third kappa shape index (κ3) is 5.44. The molecule has 0 saturated heterocycles. The van der Waals surface area contributed by atoms with E-state index < -0.39 is 0 Å². The van der Waals surface area contributed by atoms with E-state index in [0.29, 0.717) is 0 Å². The van der Waals surface area contributed by atoms with Gasteiger partial charge in [-0.25, -0.2) is 0 Å². The van der Waals surface area contributed by atoms with Crippen LogP contribution in [-0.2, 0) is 12.8 Å². The lowest BCUT2D eigenvalue weighted by atomic mass is 10.00. The predicted octanol–water partition coefficient (Wildman–Crippen LogP) is 6.41. The van der Waals surface area contributed by atoms with Gasteiger partial charge in [0.1, 0.15) is 0 Å². The first kappa shape index (κ1) is 17.6. The van der Waals surface area contributed by atoms with E-state index in [-0.39, 0.29) is 0 Å². The van der Waals surface area contributed by atoms with Gasteiger partial charge in [-0.05, 0) is 47.6 Å². The Morgan fingerprint density at radius 1 is 0.957 bits per heavy atom. The summed E-state index contributed by atoms with van der Waals surface area (Å²) in [4.78, 5) is 0.899. The molecule has 0 amide bonds. The minimum absolute atomic E-state index is 0.899. The molecule has 0 nitrogen and oxygen atoms in total. The van der Waals surface area contributed by atoms with Crippen LogP contribution in [0, 0.1) is 0 Å². The van der Waals surface area contributed by atoms with Crippen molar-refractivity contribution in [1.82, 2.24) is 0 Å². The molecular weight excluding hydrogens is 296 g/mol. The molecule has 0 aliphatic carbocycles. The van der Waals surface area contributed by atoms with E-state index in [9.17, 15) is 0 Å². The van der Waals surface area contributed by atoms with Crippen LogP contribution in [0.4, 0.5) is 0 Å². The van der Waals surface area contributed by atoms with E-state index in [2.05, 4.69) is 74.5 Å². The molecule has 0 fully saturated rings. The highest BCUT2D eigenvalue weighted by molar-refractivity contribution is 7.81. The summed E-state index contributed by atoms with van der Waals surface area (Å²) in [6, 6.07) is 17.2. The standard InChI is InChI=1S/C22H26S/c1-3-5-6-9-19-10-7-8-11-20(19)16-17-22(23)21-14-12-18(4-2)13-15-21/h7-8,10-17H,3-6,9H2,1-2H3. The van der Waals surface area contributed by atoms with Gasteiger partial charge in [0.2, 0.25) is 0 Å². The van der Waals surface area contributed by atoms with Crippen molar-refractivity contribution in [1.29, 1.82) is 0 Å². The normalized spacial score (nSPS) is 11.0. The molecule has 0 aromatic heterocycles. The molecule has 0 unspecified atom stereocenters. The predicted molar refractivity (Wildman–Crippen MR) is 106 cm³/mol. The molecule has 0 bridgehead atoms. The number of thiocarbonyl (C=S) groups is 1. The summed E-state index contributed by atoms with van der Waals surface area (Å²) in [5.41, 5.74) is 5.18. The SMILES string of the molecule is CCCCCc1ccccc1C=CC(=S)c1ccc(CC)cc1. The van der Waals surface area contributed by atoms with E-state index in [1.54, 1.807) is 0 Å². The topological polar surface area (TPSA) is 0 Å². The van der Waals surface area contributed by atoms with Crippen LogP contribution >= 0.6 is 12.2 Å². The van der Waals surface area contributed by atoms with Gasteiger partial charge in [-0.15, -0.1) is 0 Å². The van der Waals surface area contributed by atoms with Crippen molar-refractivity contribution in [2.75, 3.05) is 0 Å². The Morgan fingerprint density at radius 2 is 1.70 bits per heavy atom. The summed E-state index contributed by atoms with van der Waals surface area (Å²) in [6.45, 7) is 4.41. The highest BCUT2D eigenvalue weighted by Gasteiger charge is 2.01. The zero-order valence-electron chi connectivity index (χ0n) is 14.2. The fourth-order valence-electron chi connectivity index (χ4n) is 2.66. The van der Waals surface area contributed by atoms with Gasteiger partial charge in [0, 0.05) is 4.86 Å². The van der Waals surface area contributed by atoms with Gasteiger partial charge in [0.15, 0.2) is 0 Å². The van der Waals surface area contributed by atoms with Crippen molar-refractivity contribution in [2.24, 2.45) is 0 Å². The number of benzene rings is 2. The summed E-state index contributed by atoms with van der Waals surface area (Å²) >= 11 is 5.56. The fourth-order valence-corrected chi connectivity index (χ4v) is 2.86. The van der Waals surface area contributed by atoms with Crippen LogP contribution in [0.15, 0.2) is 54.6 Å². The molecule has 23 heavy (non-hydrogen) atoms. The maximum atomic E-state index is 5.56. The number of hydrogen-bond acceptors (Lipinski definition) is 1. The Balaban J connectivity index is 2.07. The first-order valence-electron chi connectivity index (χ1n) is 8.63. The second-order valence-corrected chi connectivity index (χ2v) is 6.34. The van der Waals surface area contributed by atoms with Crippen molar-refractivity contribution in [3.63, 3.8) is 0 Å². The quantitative estimate of drug-likeness (QED) is 0.234. The van der Waals surface area contributed by atoms with Crippen LogP contribution in [0.1, 0.15) is 55.4 Å². The van der Waals surface area contributed by atoms with Crippen molar-refractivity contribution < 1.29 is 0 Å². The Kier molecular flexibility index (Phi) is 7.22. The largest absolute Gasteiger partial charge is 0.0795 e. The van der Waals surface area contributed by atoms with Gasteiger partial charge in [-0.1, -0.05) is 93.5 Å². The zero-order chi connectivity index (χ0) is 16.5. The maximum absolute atomic E-state index is 5.56. The Morgan fingerprint density at radius 3 is 2.39 bits per heavy atom. The third-order valence-corrected chi connectivity index (χ3v) is 4.54. The monoisotopic (exact) mass is 322 g/mol. The summed E-state index contributed by atoms with van der Waals surface area (Å²) in [5.74, 6) is 0. The highest BCUT2D eigenvalue weighted by atomic mass is 32.1. The molecule has 0 N–H and O–H groups in total. The zero-order valence-corrected chi connectivity index (χ0v) is 15.0. The number of hydrogen-bond donors (Lipinski definition) is 0. The van der Waals surface area contributed by atoms with Gasteiger partial charge in [0.25, 0.3) is 0 Å². The van der Waals surface area contributed by atoms with Crippen molar-refractivity contribution in [2.45, 2.75) is 46.0 Å². The minimum atomic E-state index is 0.899. The molecule has 1 heteroatoms. The fraction of sp³-hybridized carbons (Fsp3) is 0.318. The van der Waals surface area contributed by atoms with E-state index in [4.69, 9.17) is 12.2 Å². The number of rotatable bonds is 8. The first-order chi connectivity index (χ1) is 11.2. The van der Waals surface area contributed by atoms with Crippen LogP contribution in [0.25, 0.3) is 6.08 Å². The minimum Gasteiger partial charge on any atom is -0.0795 e. The molecule has 2 rings (SSSR count). The van der Waals surface area contributed by atoms with Gasteiger partial charge in [-0.2, -0.15) is 0 Å². The molecule has 2 aromatic rings. The van der Waals surface area contributed by atoms with Crippen LogP contribution in [0.5, 0.6) is 0 Å². The summed E-state index contributed by atoms with van der Waals surface area (Å²) in [7, 11) is 0. The molecule has 2 aromatic carbocycles. The lowest BCUT2D eigenvalue weighted by Crippen LogP contribution is -1.94. The van der Waals surface area contributed by atoms with Gasteiger partial charge in [0.05, 0.1) is 0 Å². The molecule has 0 spiro atoms. The number of allylic oxidation sites excluding steroid dienone is 1. The maximum Gasteiger partial charge on any atom is 0.0449 e. The van der Waals surface area contributed by atoms with Crippen LogP contribution in [0.2, 0.25) is 0 Å². The average Bonchev–Trinajstić information content (AvgIpc) is 2.61. The molecule has 0 heterocycles. The smallest absolute Gasteiger partial charge is 0.0449 e. The van der Waals surface area contributed by atoms with Crippen LogP contribution < -0.4 is 0 Å². The summed E-state index contributed by atoms with van der Waals surface area (Å²) < 4.78 is 0. The van der Waals surface area contributed by atoms with Gasteiger partial charge < -0.3 is 0 Å². The Hall–Kier alpha value is -1.73. The van der Waals surface area contributed by atoms with Crippen LogP contribution in [0.3, 0.4) is 0 Å². The number of aryl methyl sites for hydroxylation is 2. The summed E-state index contributed by atoms with van der Waals surface area (Å²) in [6.07, 6.45) is 10.2. The second-order valence-electron chi connectivity index (χ2n) is 5.90. The Labute approximate surface area is 146 Å². The molecule has 0 radical (unpaired) electrons. The lowest BCUT2D eigenvalue weighted by molar-refractivity contribution is 0.717. The molecular formula is C22H26S. The van der Waals surface area contributed by atoms with E-state index in [1.807, 2.05) is 0 Å². The van der Waals surface area contributed by atoms with E-state index >= 15 is 0 Å². The van der Waals surface area contributed by atoms with Gasteiger partial charge in [-0.3, -0.25) is 0 Å². The number of unbranched alkanes of at least 4 members (excludes halogenated alkanes) is 2. The van der Waals surface area contributed by atoms with Crippen LogP contribution in [-0.4, -0.2) is 4.86 Å². The van der Waals surface area contributed by atoms with Crippen molar-refractivity contribution in [3.8, 4) is 0 Å². The van der Waals surface area contributed by atoms with E-state index in [0.717, 1.165) is 23.3 Å². The molecule has 0 aliphatic heterocycles. The van der Waals surface area contributed by atoms with Crippen molar-refractivity contribution in [3.05, 3.63) is 76.9 Å². The summed E-state index contributed by atoms with van der Waals surface area (Å²) in [5, 5.41) is 0. The first-order valence-corrected chi connectivity index (χ1v) is 9.04. The van der Waals surface area contributed by atoms with E-state index in [1.165, 1.54) is 36.0 Å². The lowest BCUT2D eigenvalue weighted by Gasteiger charge is -2.06. The molecule has 0 saturated carbocycles. The molecule has 0 aliphatic rings. The highest BCUT2D eigenvalue weighted by Crippen LogP contribution is 2.15. The molecule has 0 atom stereocenters. The Bertz CT molecular complexity index is 650. The second kappa shape index (κ2) is 9.42. The van der Waals surface area contributed by atoms with Crippen molar-refractivity contribution >= 4 is 23.2 Å². The third-order valence-electron chi connectivity index (χ3n) is 4.17.